The summed E-state index contributed by atoms with van der Waals surface area (Å²) in [5, 5.41) is 21.2. The van der Waals surface area contributed by atoms with Crippen molar-refractivity contribution < 1.29 is 32.8 Å². The van der Waals surface area contributed by atoms with Gasteiger partial charge in [0.25, 0.3) is 11.6 Å². The highest BCUT2D eigenvalue weighted by molar-refractivity contribution is 9.10. The number of benzene rings is 1. The molecule has 0 aromatic heterocycles. The zero-order chi connectivity index (χ0) is 17.0. The van der Waals surface area contributed by atoms with Gasteiger partial charge < -0.3 is 10.4 Å². The number of amides is 1. The van der Waals surface area contributed by atoms with Crippen LogP contribution in [0.4, 0.5) is 18.9 Å². The number of nitro benzene ring substituents is 1. The van der Waals surface area contributed by atoms with Crippen LogP contribution in [0.3, 0.4) is 0 Å². The minimum atomic E-state index is -2.99. The SMILES string of the molecule is O=C(NC(CC(F)F)C(=O)O)c1cc(F)cc([N+](=O)[O-])c1Br. The molecule has 0 saturated carbocycles. The van der Waals surface area contributed by atoms with E-state index in [-0.39, 0.29) is 0 Å². The summed E-state index contributed by atoms with van der Waals surface area (Å²) in [4.78, 5) is 32.4. The lowest BCUT2D eigenvalue weighted by Crippen LogP contribution is -2.42. The molecule has 1 atom stereocenters. The maximum atomic E-state index is 13.3. The first kappa shape index (κ1) is 17.9. The number of nitro groups is 1. The number of rotatable bonds is 6. The van der Waals surface area contributed by atoms with E-state index in [1.54, 1.807) is 5.32 Å². The Kier molecular flexibility index (Phi) is 5.85. The van der Waals surface area contributed by atoms with Gasteiger partial charge in [-0.3, -0.25) is 14.9 Å². The van der Waals surface area contributed by atoms with Gasteiger partial charge in [-0.2, -0.15) is 0 Å². The van der Waals surface area contributed by atoms with Crippen LogP contribution >= 0.6 is 15.9 Å². The fourth-order valence-electron chi connectivity index (χ4n) is 1.51. The van der Waals surface area contributed by atoms with Crippen LogP contribution in [0, 0.1) is 15.9 Å². The van der Waals surface area contributed by atoms with Gasteiger partial charge in [0.15, 0.2) is 0 Å². The van der Waals surface area contributed by atoms with Crippen LogP contribution in [-0.4, -0.2) is 34.4 Å². The Labute approximate surface area is 129 Å². The Morgan fingerprint density at radius 2 is 2.00 bits per heavy atom. The molecule has 0 aliphatic rings. The van der Waals surface area contributed by atoms with Crippen molar-refractivity contribution in [3.8, 4) is 0 Å². The molecule has 0 bridgehead atoms. The molecule has 1 amide bonds. The van der Waals surface area contributed by atoms with Crippen molar-refractivity contribution in [3.63, 3.8) is 0 Å². The molecule has 1 aromatic carbocycles. The van der Waals surface area contributed by atoms with Crippen molar-refractivity contribution in [1.82, 2.24) is 5.32 Å². The van der Waals surface area contributed by atoms with Crippen molar-refractivity contribution in [2.45, 2.75) is 18.9 Å². The van der Waals surface area contributed by atoms with Gasteiger partial charge in [-0.15, -0.1) is 0 Å². The molecule has 1 aromatic rings. The van der Waals surface area contributed by atoms with Crippen LogP contribution in [0.1, 0.15) is 16.8 Å². The number of hydrogen-bond acceptors (Lipinski definition) is 4. The topological polar surface area (TPSA) is 110 Å². The number of nitrogens with zero attached hydrogens (tertiary/aromatic N) is 1. The lowest BCUT2D eigenvalue weighted by atomic mass is 10.1. The van der Waals surface area contributed by atoms with Gasteiger partial charge >= 0.3 is 5.97 Å². The molecule has 0 fully saturated rings. The molecular weight excluding hydrogens is 377 g/mol. The van der Waals surface area contributed by atoms with Crippen LogP contribution in [0.2, 0.25) is 0 Å². The van der Waals surface area contributed by atoms with Crippen LogP contribution in [0.5, 0.6) is 0 Å². The highest BCUT2D eigenvalue weighted by atomic mass is 79.9. The van der Waals surface area contributed by atoms with E-state index in [2.05, 4.69) is 15.9 Å². The number of halogens is 4. The van der Waals surface area contributed by atoms with Gasteiger partial charge in [0.05, 0.1) is 16.6 Å². The number of carboxylic acids is 1. The molecule has 0 aliphatic heterocycles. The summed E-state index contributed by atoms with van der Waals surface area (Å²) < 4.78 is 37.4. The van der Waals surface area contributed by atoms with Gasteiger partial charge in [0, 0.05) is 6.42 Å². The van der Waals surface area contributed by atoms with Crippen molar-refractivity contribution in [2.24, 2.45) is 0 Å². The summed E-state index contributed by atoms with van der Waals surface area (Å²) in [6, 6.07) is -0.746. The highest BCUT2D eigenvalue weighted by Crippen LogP contribution is 2.29. The zero-order valence-electron chi connectivity index (χ0n) is 10.6. The van der Waals surface area contributed by atoms with Crippen molar-refractivity contribution >= 4 is 33.5 Å². The van der Waals surface area contributed by atoms with E-state index in [9.17, 15) is 32.9 Å². The van der Waals surface area contributed by atoms with E-state index in [0.717, 1.165) is 0 Å². The van der Waals surface area contributed by atoms with Crippen LogP contribution in [0.25, 0.3) is 0 Å². The van der Waals surface area contributed by atoms with Crippen LogP contribution in [0.15, 0.2) is 16.6 Å². The van der Waals surface area contributed by atoms with Gasteiger partial charge in [-0.05, 0) is 22.0 Å². The summed E-state index contributed by atoms with van der Waals surface area (Å²) in [5.41, 5.74) is -1.34. The summed E-state index contributed by atoms with van der Waals surface area (Å²) in [5.74, 6) is -4.06. The number of carbonyl (C=O) groups excluding carboxylic acids is 1. The molecule has 1 rings (SSSR count). The van der Waals surface area contributed by atoms with E-state index < -0.39 is 57.2 Å². The highest BCUT2D eigenvalue weighted by Gasteiger charge is 2.28. The van der Waals surface area contributed by atoms with Gasteiger partial charge in [0.1, 0.15) is 16.3 Å². The maximum Gasteiger partial charge on any atom is 0.326 e. The Morgan fingerprint density at radius 1 is 1.41 bits per heavy atom. The fraction of sp³-hybridized carbons (Fsp3) is 0.273. The second-order valence-corrected chi connectivity index (χ2v) is 4.83. The Morgan fingerprint density at radius 3 is 2.45 bits per heavy atom. The molecule has 11 heteroatoms. The van der Waals surface area contributed by atoms with E-state index >= 15 is 0 Å². The molecule has 0 radical (unpaired) electrons. The van der Waals surface area contributed by atoms with Crippen molar-refractivity contribution in [1.29, 1.82) is 0 Å². The summed E-state index contributed by atoms with van der Waals surface area (Å²) in [7, 11) is 0. The Hall–Kier alpha value is -2.17. The Bertz CT molecular complexity index is 626. The fourth-order valence-corrected chi connectivity index (χ4v) is 2.06. The molecule has 0 heterocycles. The quantitative estimate of drug-likeness (QED) is 0.577. The summed E-state index contributed by atoms with van der Waals surface area (Å²) >= 11 is 2.73. The second-order valence-electron chi connectivity index (χ2n) is 4.03. The van der Waals surface area contributed by atoms with Gasteiger partial charge in [0.2, 0.25) is 6.43 Å². The molecule has 1 unspecified atom stereocenters. The smallest absolute Gasteiger partial charge is 0.326 e. The average Bonchev–Trinajstić information content (AvgIpc) is 2.39. The maximum absolute atomic E-state index is 13.3. The Balaban J connectivity index is 3.12. The lowest BCUT2D eigenvalue weighted by molar-refractivity contribution is -0.385. The number of carbonyl (C=O) groups is 2. The van der Waals surface area contributed by atoms with E-state index in [4.69, 9.17) is 5.11 Å². The molecule has 120 valence electrons. The molecule has 0 spiro atoms. The summed E-state index contributed by atoms with van der Waals surface area (Å²) in [6.45, 7) is 0. The minimum absolute atomic E-state index is 0.391. The normalized spacial score (nSPS) is 12.0. The van der Waals surface area contributed by atoms with Crippen molar-refractivity contribution in [2.75, 3.05) is 0 Å². The van der Waals surface area contributed by atoms with Crippen LogP contribution in [-0.2, 0) is 4.79 Å². The second kappa shape index (κ2) is 7.20. The van der Waals surface area contributed by atoms with E-state index in [0.29, 0.717) is 12.1 Å². The molecule has 7 nitrogen and oxygen atoms in total. The number of alkyl halides is 2. The molecule has 22 heavy (non-hydrogen) atoms. The first-order valence-corrected chi connectivity index (χ1v) is 6.38. The largest absolute Gasteiger partial charge is 0.480 e. The molecule has 2 N–H and O–H groups in total. The average molecular weight is 385 g/mol. The van der Waals surface area contributed by atoms with E-state index in [1.807, 2.05) is 0 Å². The third kappa shape index (κ3) is 4.41. The van der Waals surface area contributed by atoms with Gasteiger partial charge in [-0.1, -0.05) is 0 Å². The number of aliphatic carboxylic acids is 1. The first-order chi connectivity index (χ1) is 10.1. The zero-order valence-corrected chi connectivity index (χ0v) is 12.1. The monoisotopic (exact) mass is 384 g/mol. The summed E-state index contributed by atoms with van der Waals surface area (Å²) in [6.07, 6.45) is -4.15. The van der Waals surface area contributed by atoms with Crippen LogP contribution < -0.4 is 5.32 Å². The lowest BCUT2D eigenvalue weighted by Gasteiger charge is -2.14. The number of carboxylic acid groups (broad SMARTS) is 1. The molecular formula is C11H8BrF3N2O5. The standard InChI is InChI=1S/C11H8BrF3N2O5/c12-9-5(1-4(13)2-7(9)17(21)22)10(18)16-6(11(19)20)3-8(14)15/h1-2,6,8H,3H2,(H,16,18)(H,19,20). The predicted octanol–water partition coefficient (Wildman–Crippen LogP) is 2.33. The molecule has 0 aliphatic carbocycles. The van der Waals surface area contributed by atoms with E-state index in [1.165, 1.54) is 0 Å². The third-order valence-electron chi connectivity index (χ3n) is 2.48. The predicted molar refractivity (Wildman–Crippen MR) is 70.3 cm³/mol. The number of hydrogen-bond donors (Lipinski definition) is 2. The minimum Gasteiger partial charge on any atom is -0.480 e. The van der Waals surface area contributed by atoms with Crippen molar-refractivity contribution in [3.05, 3.63) is 38.1 Å². The third-order valence-corrected chi connectivity index (χ3v) is 3.31. The van der Waals surface area contributed by atoms with Gasteiger partial charge in [-0.25, -0.2) is 18.0 Å². The first-order valence-electron chi connectivity index (χ1n) is 5.58. The number of nitrogens with one attached hydrogen (secondary N) is 1. The molecule has 0 saturated heterocycles.